The van der Waals surface area contributed by atoms with Crippen LogP contribution in [0.15, 0.2) is 12.3 Å². The number of hydrogen-bond donors (Lipinski definition) is 4. The van der Waals surface area contributed by atoms with Gasteiger partial charge in [-0.25, -0.2) is 4.79 Å². The van der Waals surface area contributed by atoms with E-state index in [9.17, 15) is 4.79 Å². The van der Waals surface area contributed by atoms with Crippen LogP contribution in [0.4, 0.5) is 0 Å². The van der Waals surface area contributed by atoms with Gasteiger partial charge >= 0.3 is 5.97 Å². The molecular weight excluding hydrogens is 228 g/mol. The Morgan fingerprint density at radius 1 is 1.18 bits per heavy atom. The summed E-state index contributed by atoms with van der Waals surface area (Å²) in [6.07, 6.45) is 0.594. The Balaban J connectivity index is 0. The minimum atomic E-state index is -1.10. The molecule has 0 aromatic carbocycles. The molecule has 17 heavy (non-hydrogen) atoms. The number of carbonyl (C=O) groups is 1. The molecule has 0 aliphatic carbocycles. The van der Waals surface area contributed by atoms with Crippen molar-refractivity contribution in [2.75, 3.05) is 26.4 Å². The van der Waals surface area contributed by atoms with Gasteiger partial charge in [0.1, 0.15) is 0 Å². The van der Waals surface area contributed by atoms with E-state index < -0.39 is 11.4 Å². The van der Waals surface area contributed by atoms with Crippen LogP contribution in [0.1, 0.15) is 20.3 Å². The number of aliphatic carboxylic acids is 1. The van der Waals surface area contributed by atoms with Crippen molar-refractivity contribution >= 4 is 5.97 Å². The average Bonchev–Trinajstić information content (AvgIpc) is 2.34. The van der Waals surface area contributed by atoms with E-state index in [-0.39, 0.29) is 25.6 Å². The summed E-state index contributed by atoms with van der Waals surface area (Å²) in [4.78, 5) is 9.86. The van der Waals surface area contributed by atoms with Crippen LogP contribution in [0, 0.1) is 5.41 Å². The van der Waals surface area contributed by atoms with E-state index in [0.29, 0.717) is 13.0 Å². The van der Waals surface area contributed by atoms with Crippen molar-refractivity contribution in [1.29, 1.82) is 0 Å². The zero-order chi connectivity index (χ0) is 13.9. The van der Waals surface area contributed by atoms with E-state index in [1.54, 1.807) is 6.92 Å². The van der Waals surface area contributed by atoms with Crippen molar-refractivity contribution < 1.29 is 30.0 Å². The highest BCUT2D eigenvalue weighted by atomic mass is 16.5. The van der Waals surface area contributed by atoms with Gasteiger partial charge in [0.05, 0.1) is 26.4 Å². The second-order valence-electron chi connectivity index (χ2n) is 3.49. The molecule has 0 aliphatic heterocycles. The number of carboxylic acids is 1. The van der Waals surface area contributed by atoms with Crippen LogP contribution in [-0.4, -0.2) is 52.8 Å². The van der Waals surface area contributed by atoms with E-state index in [1.807, 2.05) is 6.92 Å². The first-order valence-corrected chi connectivity index (χ1v) is 5.30. The lowest BCUT2D eigenvalue weighted by Crippen LogP contribution is -2.32. The van der Waals surface area contributed by atoms with Crippen molar-refractivity contribution in [2.45, 2.75) is 20.3 Å². The van der Waals surface area contributed by atoms with Gasteiger partial charge in [-0.05, 0) is 19.9 Å². The van der Waals surface area contributed by atoms with Gasteiger partial charge in [-0.1, -0.05) is 6.92 Å². The van der Waals surface area contributed by atoms with Crippen molar-refractivity contribution in [2.24, 2.45) is 5.41 Å². The van der Waals surface area contributed by atoms with Gasteiger partial charge in [-0.2, -0.15) is 0 Å². The molecule has 102 valence electrons. The third-order valence-electron chi connectivity index (χ3n) is 2.31. The van der Waals surface area contributed by atoms with Gasteiger partial charge < -0.3 is 25.2 Å². The Labute approximate surface area is 101 Å². The molecule has 0 saturated heterocycles. The fourth-order valence-electron chi connectivity index (χ4n) is 0.721. The lowest BCUT2D eigenvalue weighted by Gasteiger charge is -2.24. The predicted octanol–water partition coefficient (Wildman–Crippen LogP) is -0.0191. The molecule has 0 bridgehead atoms. The number of aliphatic hydroxyl groups excluding tert-OH is 3. The molecule has 6 heteroatoms. The average molecular weight is 250 g/mol. The lowest BCUT2D eigenvalue weighted by molar-refractivity contribution is -0.136. The van der Waals surface area contributed by atoms with Crippen LogP contribution in [0.2, 0.25) is 0 Å². The minimum absolute atomic E-state index is 0.156. The highest BCUT2D eigenvalue weighted by Crippen LogP contribution is 2.18. The molecule has 0 heterocycles. The number of aliphatic hydroxyl groups is 3. The van der Waals surface area contributed by atoms with Crippen LogP contribution < -0.4 is 0 Å². The van der Waals surface area contributed by atoms with Crippen LogP contribution in [0.5, 0.6) is 0 Å². The van der Waals surface area contributed by atoms with Gasteiger partial charge in [-0.15, -0.1) is 0 Å². The van der Waals surface area contributed by atoms with E-state index in [1.165, 1.54) is 0 Å². The first-order chi connectivity index (χ1) is 7.92. The van der Waals surface area contributed by atoms with Crippen LogP contribution in [-0.2, 0) is 9.53 Å². The van der Waals surface area contributed by atoms with Crippen molar-refractivity contribution in [3.8, 4) is 0 Å². The summed E-state index contributed by atoms with van der Waals surface area (Å²) in [5, 5.41) is 34.1. The predicted molar refractivity (Wildman–Crippen MR) is 62.4 cm³/mol. The molecule has 0 aromatic heterocycles. The summed E-state index contributed by atoms with van der Waals surface area (Å²) < 4.78 is 4.51. The summed E-state index contributed by atoms with van der Waals surface area (Å²) in [5.41, 5.74) is -0.667. The number of ether oxygens (including phenoxy) is 1. The summed E-state index contributed by atoms with van der Waals surface area (Å²) in [7, 11) is 0. The number of hydrogen-bond acceptors (Lipinski definition) is 5. The summed E-state index contributed by atoms with van der Waals surface area (Å²) >= 11 is 0. The maximum absolute atomic E-state index is 9.86. The molecule has 0 spiro atoms. The Morgan fingerprint density at radius 3 is 1.65 bits per heavy atom. The normalized spacial score (nSPS) is 10.2. The first kappa shape index (κ1) is 18.3. The molecule has 0 aliphatic rings. The highest BCUT2D eigenvalue weighted by Gasteiger charge is 2.24. The van der Waals surface area contributed by atoms with Crippen molar-refractivity contribution in [3.05, 3.63) is 12.3 Å². The molecule has 0 fully saturated rings. The van der Waals surface area contributed by atoms with E-state index in [0.717, 1.165) is 0 Å². The summed E-state index contributed by atoms with van der Waals surface area (Å²) in [6, 6.07) is 0. The molecule has 0 amide bonds. The molecule has 4 N–H and O–H groups in total. The molecule has 0 atom stereocenters. The number of carboxylic acid groups (broad SMARTS) is 1. The largest absolute Gasteiger partial charge is 0.487 e. The van der Waals surface area contributed by atoms with Crippen LogP contribution >= 0.6 is 0 Å². The second kappa shape index (κ2) is 10.1. The van der Waals surface area contributed by atoms with E-state index in [2.05, 4.69) is 11.3 Å². The minimum Gasteiger partial charge on any atom is -0.487 e. The Morgan fingerprint density at radius 2 is 1.59 bits per heavy atom. The van der Waals surface area contributed by atoms with Crippen LogP contribution in [0.25, 0.3) is 0 Å². The zero-order valence-electron chi connectivity index (χ0n) is 10.3. The Bertz CT molecular complexity index is 204. The monoisotopic (exact) mass is 250 g/mol. The third-order valence-corrected chi connectivity index (χ3v) is 2.31. The van der Waals surface area contributed by atoms with Gasteiger partial charge in [0.2, 0.25) is 0 Å². The maximum atomic E-state index is 9.86. The molecule has 0 aromatic rings. The highest BCUT2D eigenvalue weighted by molar-refractivity contribution is 5.83. The topological polar surface area (TPSA) is 107 Å². The first-order valence-electron chi connectivity index (χ1n) is 5.30. The number of rotatable bonds is 7. The maximum Gasteiger partial charge on any atom is 0.370 e. The van der Waals surface area contributed by atoms with Gasteiger partial charge in [0.25, 0.3) is 0 Å². The van der Waals surface area contributed by atoms with E-state index >= 15 is 0 Å². The molecular formula is C11H22O6. The lowest BCUT2D eigenvalue weighted by atomic mass is 9.88. The Hall–Kier alpha value is -1.11. The summed E-state index contributed by atoms with van der Waals surface area (Å²) in [5.74, 6) is -1.31. The molecule has 0 radical (unpaired) electrons. The smallest absolute Gasteiger partial charge is 0.370 e. The quantitative estimate of drug-likeness (QED) is 0.374. The summed E-state index contributed by atoms with van der Waals surface area (Å²) in [6.45, 7) is 6.53. The molecule has 0 saturated carbocycles. The molecule has 6 nitrogen and oxygen atoms in total. The zero-order valence-corrected chi connectivity index (χ0v) is 10.3. The van der Waals surface area contributed by atoms with Gasteiger partial charge in [0, 0.05) is 5.41 Å². The molecule has 0 rings (SSSR count). The Kier molecular flexibility index (Phi) is 10.8. The van der Waals surface area contributed by atoms with Crippen molar-refractivity contribution in [1.82, 2.24) is 0 Å². The van der Waals surface area contributed by atoms with E-state index in [4.69, 9.17) is 20.4 Å². The fraction of sp³-hybridized carbons (Fsp3) is 0.727. The molecule has 0 unspecified atom stereocenters. The van der Waals surface area contributed by atoms with Gasteiger partial charge in [-0.3, -0.25) is 0 Å². The third kappa shape index (κ3) is 7.73. The fourth-order valence-corrected chi connectivity index (χ4v) is 0.721. The van der Waals surface area contributed by atoms with Crippen molar-refractivity contribution in [3.63, 3.8) is 0 Å². The SMILES string of the molecule is C=C(OCC)C(=O)O.CCC(CO)(CO)CO. The van der Waals surface area contributed by atoms with Gasteiger partial charge in [0.15, 0.2) is 5.76 Å². The second-order valence-corrected chi connectivity index (χ2v) is 3.49. The standard InChI is InChI=1S/C6H14O3.C5H8O3/c1-2-6(3-7,4-8)5-9;1-3-8-4(2)5(6)7/h7-9H,2-5H2,1H3;2-3H2,1H3,(H,6,7). The van der Waals surface area contributed by atoms with Crippen LogP contribution in [0.3, 0.4) is 0 Å².